The van der Waals surface area contributed by atoms with Crippen LogP contribution in [0, 0.1) is 0 Å². The second-order valence-corrected chi connectivity index (χ2v) is 5.71. The summed E-state index contributed by atoms with van der Waals surface area (Å²) in [4.78, 5) is 16.7. The van der Waals surface area contributed by atoms with Crippen LogP contribution >= 0.6 is 0 Å². The molecule has 126 valence electrons. The van der Waals surface area contributed by atoms with Gasteiger partial charge in [0.05, 0.1) is 0 Å². The number of anilines is 1. The first-order valence-electron chi connectivity index (χ1n) is 8.12. The first-order chi connectivity index (χ1) is 11.6. The Bertz CT molecular complexity index is 863. The predicted molar refractivity (Wildman–Crippen MR) is 93.9 cm³/mol. The number of hydrogen-bond donors (Lipinski definition) is 2. The van der Waals surface area contributed by atoms with Gasteiger partial charge < -0.3 is 10.3 Å². The van der Waals surface area contributed by atoms with Crippen molar-refractivity contribution in [3.05, 3.63) is 41.9 Å². The van der Waals surface area contributed by atoms with E-state index in [0.717, 1.165) is 36.1 Å². The van der Waals surface area contributed by atoms with Crippen LogP contribution in [0.1, 0.15) is 29.5 Å². The molecule has 7 nitrogen and oxygen atoms in total. The lowest BCUT2D eigenvalue weighted by Gasteiger charge is -2.05. The van der Waals surface area contributed by atoms with Gasteiger partial charge in [-0.05, 0) is 37.2 Å². The molecule has 0 bridgehead atoms. The van der Waals surface area contributed by atoms with Crippen LogP contribution in [0.15, 0.2) is 30.5 Å². The van der Waals surface area contributed by atoms with Gasteiger partial charge in [-0.25, -0.2) is 0 Å². The molecule has 2 aromatic heterocycles. The molecule has 0 aliphatic carbocycles. The molecule has 0 atom stereocenters. The molecular formula is C17H22N6O. The highest BCUT2D eigenvalue weighted by Crippen LogP contribution is 2.19. The zero-order valence-electron chi connectivity index (χ0n) is 14.0. The van der Waals surface area contributed by atoms with Gasteiger partial charge in [0.2, 0.25) is 5.95 Å². The molecule has 1 amide bonds. The molecule has 3 N–H and O–H groups in total. The second kappa shape index (κ2) is 6.84. The summed E-state index contributed by atoms with van der Waals surface area (Å²) in [5, 5.41) is 7.99. The Morgan fingerprint density at radius 2 is 2.17 bits per heavy atom. The van der Waals surface area contributed by atoms with Crippen LogP contribution in [0.25, 0.3) is 10.9 Å². The van der Waals surface area contributed by atoms with Gasteiger partial charge >= 0.3 is 0 Å². The van der Waals surface area contributed by atoms with Crippen molar-refractivity contribution >= 4 is 22.8 Å². The number of carbonyl (C=O) groups is 1. The number of nitrogens with two attached hydrogens (primary N) is 1. The summed E-state index contributed by atoms with van der Waals surface area (Å²) in [6.07, 6.45) is 3.72. The minimum atomic E-state index is -0.208. The second-order valence-electron chi connectivity index (χ2n) is 5.71. The van der Waals surface area contributed by atoms with Gasteiger partial charge in [0.15, 0.2) is 0 Å². The lowest BCUT2D eigenvalue weighted by Crippen LogP contribution is -2.13. The van der Waals surface area contributed by atoms with Crippen LogP contribution in [0.5, 0.6) is 0 Å². The minimum Gasteiger partial charge on any atom is -0.347 e. The smallest absolute Gasteiger partial charge is 0.258 e. The lowest BCUT2D eigenvalue weighted by molar-refractivity contribution is 0.102. The normalized spacial score (nSPS) is 11.1. The van der Waals surface area contributed by atoms with Crippen molar-refractivity contribution < 1.29 is 4.79 Å². The van der Waals surface area contributed by atoms with Crippen LogP contribution < -0.4 is 11.1 Å². The largest absolute Gasteiger partial charge is 0.347 e. The molecule has 0 aliphatic heterocycles. The van der Waals surface area contributed by atoms with E-state index in [1.807, 2.05) is 44.4 Å². The number of amides is 1. The number of fused-ring (bicyclic) bond motifs is 1. The van der Waals surface area contributed by atoms with Crippen molar-refractivity contribution in [1.82, 2.24) is 19.3 Å². The number of hydrogen-bond acceptors (Lipinski definition) is 4. The van der Waals surface area contributed by atoms with Gasteiger partial charge in [-0.15, -0.1) is 5.10 Å². The van der Waals surface area contributed by atoms with Crippen molar-refractivity contribution in [1.29, 1.82) is 0 Å². The maximum atomic E-state index is 12.4. The summed E-state index contributed by atoms with van der Waals surface area (Å²) < 4.78 is 3.83. The fourth-order valence-corrected chi connectivity index (χ4v) is 2.75. The Morgan fingerprint density at radius 3 is 2.88 bits per heavy atom. The molecule has 1 aromatic carbocycles. The summed E-state index contributed by atoms with van der Waals surface area (Å²) in [7, 11) is 1.82. The summed E-state index contributed by atoms with van der Waals surface area (Å²) in [6.45, 7) is 3.54. The third kappa shape index (κ3) is 3.16. The lowest BCUT2D eigenvalue weighted by atomic mass is 10.1. The van der Waals surface area contributed by atoms with Crippen LogP contribution in [0.2, 0.25) is 0 Å². The predicted octanol–water partition coefficient (Wildman–Crippen LogP) is 1.93. The number of rotatable bonds is 6. The quantitative estimate of drug-likeness (QED) is 0.724. The summed E-state index contributed by atoms with van der Waals surface area (Å²) >= 11 is 0. The van der Waals surface area contributed by atoms with Crippen molar-refractivity contribution in [2.24, 2.45) is 12.8 Å². The van der Waals surface area contributed by atoms with E-state index in [4.69, 9.17) is 5.73 Å². The molecular weight excluding hydrogens is 304 g/mol. The highest BCUT2D eigenvalue weighted by Gasteiger charge is 2.12. The molecule has 0 saturated heterocycles. The van der Waals surface area contributed by atoms with Crippen LogP contribution in [-0.2, 0) is 20.0 Å². The average Bonchev–Trinajstić information content (AvgIpc) is 3.15. The van der Waals surface area contributed by atoms with E-state index in [1.165, 1.54) is 0 Å². The number of nitrogens with one attached hydrogen (secondary N) is 1. The van der Waals surface area contributed by atoms with Crippen molar-refractivity contribution in [3.8, 4) is 0 Å². The standard InChI is InChI=1S/C17H22N6O/c1-3-15-19-17(21-22(15)2)20-16(24)13-5-6-14-12(11-13)7-10-23(14)9-4-8-18/h5-7,10-11H,3-4,8-9,18H2,1-2H3,(H,20,21,24). The van der Waals surface area contributed by atoms with E-state index >= 15 is 0 Å². The van der Waals surface area contributed by atoms with Gasteiger partial charge in [0, 0.05) is 42.7 Å². The van der Waals surface area contributed by atoms with Crippen molar-refractivity contribution in [3.63, 3.8) is 0 Å². The number of aryl methyl sites for hydroxylation is 3. The number of carbonyl (C=O) groups excluding carboxylic acids is 1. The average molecular weight is 326 g/mol. The van der Waals surface area contributed by atoms with Gasteiger partial charge in [-0.3, -0.25) is 14.8 Å². The Balaban J connectivity index is 1.79. The zero-order valence-corrected chi connectivity index (χ0v) is 14.0. The highest BCUT2D eigenvalue weighted by molar-refractivity contribution is 6.05. The van der Waals surface area contributed by atoms with Gasteiger partial charge in [0.1, 0.15) is 5.82 Å². The van der Waals surface area contributed by atoms with Gasteiger partial charge in [-0.1, -0.05) is 6.92 Å². The summed E-state index contributed by atoms with van der Waals surface area (Å²) in [6, 6.07) is 7.68. The van der Waals surface area contributed by atoms with E-state index in [2.05, 4.69) is 20.0 Å². The molecule has 0 spiro atoms. The molecule has 24 heavy (non-hydrogen) atoms. The third-order valence-electron chi connectivity index (χ3n) is 4.03. The molecule has 7 heteroatoms. The summed E-state index contributed by atoms with van der Waals surface area (Å²) in [5.41, 5.74) is 7.26. The highest BCUT2D eigenvalue weighted by atomic mass is 16.1. The number of aromatic nitrogens is 4. The third-order valence-corrected chi connectivity index (χ3v) is 4.03. The van der Waals surface area contributed by atoms with E-state index in [-0.39, 0.29) is 5.91 Å². The van der Waals surface area contributed by atoms with Crippen molar-refractivity contribution in [2.75, 3.05) is 11.9 Å². The maximum Gasteiger partial charge on any atom is 0.258 e. The van der Waals surface area contributed by atoms with Gasteiger partial charge in [0.25, 0.3) is 5.91 Å². The molecule has 0 aliphatic rings. The molecule has 2 heterocycles. The molecule has 0 radical (unpaired) electrons. The van der Waals surface area contributed by atoms with E-state index in [9.17, 15) is 4.79 Å². The number of nitrogens with zero attached hydrogens (tertiary/aromatic N) is 4. The first-order valence-corrected chi connectivity index (χ1v) is 8.12. The van der Waals surface area contributed by atoms with E-state index in [1.54, 1.807) is 4.68 Å². The van der Waals surface area contributed by atoms with E-state index in [0.29, 0.717) is 18.1 Å². The molecule has 3 rings (SSSR count). The monoisotopic (exact) mass is 326 g/mol. The molecule has 3 aromatic rings. The maximum absolute atomic E-state index is 12.4. The SMILES string of the molecule is CCc1nc(NC(=O)c2ccc3c(ccn3CCCN)c2)nn1C. The van der Waals surface area contributed by atoms with E-state index < -0.39 is 0 Å². The zero-order chi connectivity index (χ0) is 17.1. The Kier molecular flexibility index (Phi) is 4.61. The summed E-state index contributed by atoms with van der Waals surface area (Å²) in [5.74, 6) is 0.956. The first kappa shape index (κ1) is 16.2. The molecule has 0 fully saturated rings. The number of benzene rings is 1. The Labute approximate surface area is 140 Å². The topological polar surface area (TPSA) is 90.8 Å². The van der Waals surface area contributed by atoms with Crippen LogP contribution in [0.4, 0.5) is 5.95 Å². The van der Waals surface area contributed by atoms with Gasteiger partial charge in [-0.2, -0.15) is 4.98 Å². The fourth-order valence-electron chi connectivity index (χ4n) is 2.75. The van der Waals surface area contributed by atoms with Crippen LogP contribution in [-0.4, -0.2) is 31.8 Å². The van der Waals surface area contributed by atoms with Crippen molar-refractivity contribution in [2.45, 2.75) is 26.3 Å². The minimum absolute atomic E-state index is 0.208. The Morgan fingerprint density at radius 1 is 1.33 bits per heavy atom. The molecule has 0 saturated carbocycles. The Hall–Kier alpha value is -2.67. The molecule has 0 unspecified atom stereocenters. The van der Waals surface area contributed by atoms with Crippen LogP contribution in [0.3, 0.4) is 0 Å². The fraction of sp³-hybridized carbons (Fsp3) is 0.353.